The summed E-state index contributed by atoms with van der Waals surface area (Å²) in [7, 11) is 0. The molecule has 1 fully saturated rings. The van der Waals surface area contributed by atoms with E-state index in [9.17, 15) is 9.59 Å². The first-order chi connectivity index (χ1) is 14.4. The van der Waals surface area contributed by atoms with Gasteiger partial charge in [-0.1, -0.05) is 6.92 Å². The highest BCUT2D eigenvalue weighted by Crippen LogP contribution is 2.25. The Morgan fingerprint density at radius 3 is 2.23 bits per heavy atom. The summed E-state index contributed by atoms with van der Waals surface area (Å²) in [5, 5.41) is 5.73. The molecule has 160 valence electrons. The van der Waals surface area contributed by atoms with Crippen molar-refractivity contribution in [2.24, 2.45) is 0 Å². The maximum atomic E-state index is 12.4. The van der Waals surface area contributed by atoms with E-state index in [0.29, 0.717) is 5.75 Å². The molecule has 1 aliphatic heterocycles. The first-order valence-corrected chi connectivity index (χ1v) is 11.3. The Labute approximate surface area is 183 Å². The van der Waals surface area contributed by atoms with Crippen molar-refractivity contribution in [1.82, 2.24) is 4.90 Å². The molecule has 0 aliphatic carbocycles. The third-order valence-electron chi connectivity index (χ3n) is 5.19. The van der Waals surface area contributed by atoms with E-state index in [1.54, 1.807) is 0 Å². The molecule has 0 bridgehead atoms. The number of hydrogen-bond acceptors (Lipinski definition) is 5. The van der Waals surface area contributed by atoms with Crippen LogP contribution < -0.4 is 15.5 Å². The highest BCUT2D eigenvalue weighted by atomic mass is 32.2. The summed E-state index contributed by atoms with van der Waals surface area (Å²) in [6.45, 7) is 11.2. The lowest BCUT2D eigenvalue weighted by Crippen LogP contribution is -2.46. The monoisotopic (exact) mass is 426 g/mol. The lowest BCUT2D eigenvalue weighted by atomic mass is 10.1. The average molecular weight is 427 g/mol. The lowest BCUT2D eigenvalue weighted by Gasteiger charge is -2.36. The van der Waals surface area contributed by atoms with Crippen LogP contribution in [0, 0.1) is 6.92 Å². The number of amides is 2. The van der Waals surface area contributed by atoms with Crippen LogP contribution in [0.1, 0.15) is 19.4 Å². The second-order valence-corrected chi connectivity index (χ2v) is 8.51. The first kappa shape index (κ1) is 22.2. The zero-order valence-electron chi connectivity index (χ0n) is 17.9. The van der Waals surface area contributed by atoms with Crippen molar-refractivity contribution in [2.45, 2.75) is 25.7 Å². The molecule has 2 aromatic carbocycles. The second kappa shape index (κ2) is 10.5. The Kier molecular flexibility index (Phi) is 7.76. The van der Waals surface area contributed by atoms with Gasteiger partial charge in [-0.25, -0.2) is 0 Å². The van der Waals surface area contributed by atoms with Crippen LogP contribution in [0.25, 0.3) is 0 Å². The van der Waals surface area contributed by atoms with E-state index in [1.165, 1.54) is 29.9 Å². The Hall–Kier alpha value is -2.51. The number of anilines is 3. The molecule has 0 saturated carbocycles. The third kappa shape index (κ3) is 6.24. The van der Waals surface area contributed by atoms with Gasteiger partial charge in [-0.15, -0.1) is 11.8 Å². The Morgan fingerprint density at radius 1 is 0.967 bits per heavy atom. The van der Waals surface area contributed by atoms with E-state index in [0.717, 1.165) is 49.0 Å². The number of carbonyl (C=O) groups is 2. The highest BCUT2D eigenvalue weighted by Gasteiger charge is 2.17. The van der Waals surface area contributed by atoms with E-state index in [2.05, 4.69) is 40.3 Å². The summed E-state index contributed by atoms with van der Waals surface area (Å²) in [5.41, 5.74) is 4.01. The number of hydrogen-bond donors (Lipinski definition) is 2. The smallest absolute Gasteiger partial charge is 0.234 e. The van der Waals surface area contributed by atoms with Gasteiger partial charge in [0.2, 0.25) is 11.8 Å². The molecule has 2 aromatic rings. The standard InChI is InChI=1S/C23H30N4O2S/c1-4-26-11-13-27(14-12-26)22-10-7-20(15-17(22)2)25-23(29)16-30-21-8-5-19(6-9-21)24-18(3)28/h5-10,15H,4,11-14,16H2,1-3H3,(H,24,28)(H,25,29). The van der Waals surface area contributed by atoms with Crippen molar-refractivity contribution < 1.29 is 9.59 Å². The van der Waals surface area contributed by atoms with E-state index >= 15 is 0 Å². The van der Waals surface area contributed by atoms with Gasteiger partial charge in [0.05, 0.1) is 5.75 Å². The molecule has 0 unspecified atom stereocenters. The zero-order valence-corrected chi connectivity index (χ0v) is 18.7. The SMILES string of the molecule is CCN1CCN(c2ccc(NC(=O)CSc3ccc(NC(C)=O)cc3)cc2C)CC1. The fourth-order valence-electron chi connectivity index (χ4n) is 3.58. The topological polar surface area (TPSA) is 64.7 Å². The van der Waals surface area contributed by atoms with Crippen molar-refractivity contribution in [3.8, 4) is 0 Å². The number of likely N-dealkylation sites (N-methyl/N-ethyl adjacent to an activating group) is 1. The lowest BCUT2D eigenvalue weighted by molar-refractivity contribution is -0.114. The predicted molar refractivity (Wildman–Crippen MR) is 126 cm³/mol. The van der Waals surface area contributed by atoms with Gasteiger partial charge in [0.1, 0.15) is 0 Å². The molecule has 0 spiro atoms. The van der Waals surface area contributed by atoms with Crippen LogP contribution in [-0.2, 0) is 9.59 Å². The molecule has 0 atom stereocenters. The summed E-state index contributed by atoms with van der Waals surface area (Å²) in [6.07, 6.45) is 0. The summed E-state index contributed by atoms with van der Waals surface area (Å²) in [6, 6.07) is 13.6. The molecular weight excluding hydrogens is 396 g/mol. The number of piperazine rings is 1. The van der Waals surface area contributed by atoms with E-state index in [1.807, 2.05) is 36.4 Å². The summed E-state index contributed by atoms with van der Waals surface area (Å²) < 4.78 is 0. The summed E-state index contributed by atoms with van der Waals surface area (Å²) >= 11 is 1.47. The van der Waals surface area contributed by atoms with E-state index in [4.69, 9.17) is 0 Å². The molecule has 2 amide bonds. The quantitative estimate of drug-likeness (QED) is 0.659. The molecule has 30 heavy (non-hydrogen) atoms. The van der Waals surface area contributed by atoms with Crippen molar-refractivity contribution in [3.63, 3.8) is 0 Å². The maximum Gasteiger partial charge on any atom is 0.234 e. The molecule has 0 aromatic heterocycles. The number of carbonyl (C=O) groups excluding carboxylic acids is 2. The average Bonchev–Trinajstić information content (AvgIpc) is 2.73. The van der Waals surface area contributed by atoms with Gasteiger partial charge in [-0.05, 0) is 61.5 Å². The normalized spacial score (nSPS) is 14.4. The van der Waals surface area contributed by atoms with E-state index < -0.39 is 0 Å². The van der Waals surface area contributed by atoms with E-state index in [-0.39, 0.29) is 11.8 Å². The number of rotatable bonds is 7. The van der Waals surface area contributed by atoms with Crippen LogP contribution in [0.2, 0.25) is 0 Å². The molecule has 1 heterocycles. The largest absolute Gasteiger partial charge is 0.369 e. The van der Waals surface area contributed by atoms with Crippen LogP contribution in [0.15, 0.2) is 47.4 Å². The Balaban J connectivity index is 1.50. The van der Waals surface area contributed by atoms with Crippen molar-refractivity contribution in [3.05, 3.63) is 48.0 Å². The van der Waals surface area contributed by atoms with Gasteiger partial charge < -0.3 is 20.4 Å². The van der Waals surface area contributed by atoms with Crippen LogP contribution in [0.5, 0.6) is 0 Å². The fraction of sp³-hybridized carbons (Fsp3) is 0.391. The first-order valence-electron chi connectivity index (χ1n) is 10.3. The number of thioether (sulfide) groups is 1. The van der Waals surface area contributed by atoms with Crippen LogP contribution >= 0.6 is 11.8 Å². The van der Waals surface area contributed by atoms with Gasteiger partial charge in [0, 0.05) is 55.1 Å². The summed E-state index contributed by atoms with van der Waals surface area (Å²) in [4.78, 5) is 29.3. The highest BCUT2D eigenvalue weighted by molar-refractivity contribution is 8.00. The molecule has 3 rings (SSSR count). The maximum absolute atomic E-state index is 12.4. The van der Waals surface area contributed by atoms with Gasteiger partial charge in [-0.3, -0.25) is 9.59 Å². The third-order valence-corrected chi connectivity index (χ3v) is 6.20. The van der Waals surface area contributed by atoms with Crippen molar-refractivity contribution in [1.29, 1.82) is 0 Å². The van der Waals surface area contributed by atoms with Gasteiger partial charge >= 0.3 is 0 Å². The number of nitrogens with one attached hydrogen (secondary N) is 2. The number of aryl methyl sites for hydroxylation is 1. The second-order valence-electron chi connectivity index (χ2n) is 7.46. The molecular formula is C23H30N4O2S. The van der Waals surface area contributed by atoms with Crippen molar-refractivity contribution in [2.75, 3.05) is 54.0 Å². The molecule has 1 aliphatic rings. The number of nitrogens with zero attached hydrogens (tertiary/aromatic N) is 2. The van der Waals surface area contributed by atoms with Crippen molar-refractivity contribution >= 4 is 40.6 Å². The van der Waals surface area contributed by atoms with Crippen LogP contribution in [-0.4, -0.2) is 55.2 Å². The minimum absolute atomic E-state index is 0.0327. The fourth-order valence-corrected chi connectivity index (χ4v) is 4.28. The zero-order chi connectivity index (χ0) is 21.5. The van der Waals surface area contributed by atoms with Crippen LogP contribution in [0.4, 0.5) is 17.1 Å². The van der Waals surface area contributed by atoms with Gasteiger partial charge in [0.25, 0.3) is 0 Å². The van der Waals surface area contributed by atoms with Gasteiger partial charge in [0.15, 0.2) is 0 Å². The number of benzene rings is 2. The predicted octanol–water partition coefficient (Wildman–Crippen LogP) is 3.83. The molecule has 1 saturated heterocycles. The Bertz CT molecular complexity index is 877. The minimum atomic E-state index is -0.0979. The molecule has 6 nitrogen and oxygen atoms in total. The Morgan fingerprint density at radius 2 is 1.63 bits per heavy atom. The molecule has 0 radical (unpaired) electrons. The minimum Gasteiger partial charge on any atom is -0.369 e. The summed E-state index contributed by atoms with van der Waals surface area (Å²) in [5.74, 6) is 0.202. The molecule has 2 N–H and O–H groups in total. The van der Waals surface area contributed by atoms with Crippen LogP contribution in [0.3, 0.4) is 0 Å². The van der Waals surface area contributed by atoms with Gasteiger partial charge in [-0.2, -0.15) is 0 Å². The molecule has 7 heteroatoms.